The van der Waals surface area contributed by atoms with Gasteiger partial charge in [0.2, 0.25) is 0 Å². The summed E-state index contributed by atoms with van der Waals surface area (Å²) in [5.41, 5.74) is 1.52. The average Bonchev–Trinajstić information content (AvgIpc) is 2.32. The van der Waals surface area contributed by atoms with E-state index in [1.165, 1.54) is 0 Å². The molecule has 3 nitrogen and oxygen atoms in total. The summed E-state index contributed by atoms with van der Waals surface area (Å²) in [5, 5.41) is 10.0. The van der Waals surface area contributed by atoms with Crippen molar-refractivity contribution in [3.8, 4) is 0 Å². The third-order valence-electron chi connectivity index (χ3n) is 3.72. The molecule has 1 aliphatic heterocycles. The van der Waals surface area contributed by atoms with E-state index >= 15 is 0 Å². The van der Waals surface area contributed by atoms with Crippen LogP contribution in [0.4, 0.5) is 5.69 Å². The highest BCUT2D eigenvalue weighted by Gasteiger charge is 2.38. The fraction of sp³-hybridized carbons (Fsp3) is 0.500. The number of carboxylic acid groups (broad SMARTS) is 1. The van der Waals surface area contributed by atoms with Crippen LogP contribution in [0.2, 0.25) is 5.02 Å². The molecule has 1 fully saturated rings. The predicted molar refractivity (Wildman–Crippen MR) is 73.4 cm³/mol. The highest BCUT2D eigenvalue weighted by atomic mass is 35.5. The molecule has 1 atom stereocenters. The Morgan fingerprint density at radius 2 is 2.22 bits per heavy atom. The maximum absolute atomic E-state index is 11.4. The Kier molecular flexibility index (Phi) is 3.53. The summed E-state index contributed by atoms with van der Waals surface area (Å²) in [6.07, 6.45) is 1.63. The zero-order valence-electron chi connectivity index (χ0n) is 10.7. The van der Waals surface area contributed by atoms with Crippen LogP contribution in [-0.2, 0) is 4.79 Å². The van der Waals surface area contributed by atoms with Crippen LogP contribution in [-0.4, -0.2) is 24.2 Å². The molecule has 0 saturated carbocycles. The number of hydrogen-bond acceptors (Lipinski definition) is 2. The zero-order chi connectivity index (χ0) is 13.3. The molecule has 1 aromatic rings. The van der Waals surface area contributed by atoms with Gasteiger partial charge in [0.1, 0.15) is 0 Å². The highest BCUT2D eigenvalue weighted by Crippen LogP contribution is 2.34. The Hall–Kier alpha value is -1.22. The third kappa shape index (κ3) is 2.46. The van der Waals surface area contributed by atoms with Gasteiger partial charge in [-0.15, -0.1) is 0 Å². The van der Waals surface area contributed by atoms with E-state index in [4.69, 9.17) is 11.6 Å². The molecule has 1 saturated heterocycles. The molecule has 1 N–H and O–H groups in total. The Morgan fingerprint density at radius 3 is 2.89 bits per heavy atom. The maximum Gasteiger partial charge on any atom is 0.311 e. The Balaban J connectivity index is 2.28. The summed E-state index contributed by atoms with van der Waals surface area (Å²) >= 11 is 6.03. The molecule has 0 bridgehead atoms. The normalized spacial score (nSPS) is 24.1. The van der Waals surface area contributed by atoms with E-state index in [9.17, 15) is 9.90 Å². The van der Waals surface area contributed by atoms with Crippen LogP contribution in [0.1, 0.15) is 25.3 Å². The number of rotatable bonds is 2. The minimum absolute atomic E-state index is 0.545. The predicted octanol–water partition coefficient (Wildman–Crippen LogP) is 3.34. The Morgan fingerprint density at radius 1 is 1.50 bits per heavy atom. The number of piperidine rings is 1. The Labute approximate surface area is 112 Å². The molecule has 0 aromatic heterocycles. The first-order valence-corrected chi connectivity index (χ1v) is 6.55. The number of benzene rings is 1. The molecule has 1 aromatic carbocycles. The lowest BCUT2D eigenvalue weighted by atomic mass is 9.81. The lowest BCUT2D eigenvalue weighted by molar-refractivity contribution is -0.148. The number of carboxylic acids is 1. The largest absolute Gasteiger partial charge is 0.481 e. The van der Waals surface area contributed by atoms with Gasteiger partial charge in [-0.1, -0.05) is 17.7 Å². The molecular weight excluding hydrogens is 250 g/mol. The summed E-state index contributed by atoms with van der Waals surface area (Å²) in [6, 6.07) is 5.76. The van der Waals surface area contributed by atoms with E-state index in [0.717, 1.165) is 30.6 Å². The molecule has 0 aliphatic carbocycles. The van der Waals surface area contributed by atoms with Gasteiger partial charge < -0.3 is 10.0 Å². The average molecular weight is 268 g/mol. The van der Waals surface area contributed by atoms with Crippen LogP contribution in [0.15, 0.2) is 18.2 Å². The monoisotopic (exact) mass is 267 g/mol. The lowest BCUT2D eigenvalue weighted by Crippen LogP contribution is -2.46. The first kappa shape index (κ1) is 13.2. The van der Waals surface area contributed by atoms with Crippen LogP contribution in [0.25, 0.3) is 0 Å². The summed E-state index contributed by atoms with van der Waals surface area (Å²) < 4.78 is 0. The molecule has 0 spiro atoms. The summed E-state index contributed by atoms with van der Waals surface area (Å²) in [7, 11) is 0. The van der Waals surface area contributed by atoms with Gasteiger partial charge >= 0.3 is 5.97 Å². The Bertz CT molecular complexity index is 475. The number of carbonyl (C=O) groups is 1. The van der Waals surface area contributed by atoms with E-state index < -0.39 is 11.4 Å². The van der Waals surface area contributed by atoms with E-state index in [1.54, 1.807) is 0 Å². The molecule has 1 heterocycles. The second-order valence-electron chi connectivity index (χ2n) is 5.32. The highest BCUT2D eigenvalue weighted by molar-refractivity contribution is 6.30. The van der Waals surface area contributed by atoms with Crippen molar-refractivity contribution >= 4 is 23.3 Å². The number of aryl methyl sites for hydroxylation is 1. The molecule has 2 rings (SSSR count). The molecular formula is C14H18ClNO2. The topological polar surface area (TPSA) is 40.5 Å². The summed E-state index contributed by atoms with van der Waals surface area (Å²) in [6.45, 7) is 5.29. The first-order valence-electron chi connectivity index (χ1n) is 6.17. The fourth-order valence-corrected chi connectivity index (χ4v) is 2.71. The van der Waals surface area contributed by atoms with Gasteiger partial charge in [-0.25, -0.2) is 0 Å². The summed E-state index contributed by atoms with van der Waals surface area (Å²) in [5.74, 6) is -0.716. The second kappa shape index (κ2) is 4.81. The minimum atomic E-state index is -0.716. The number of hydrogen-bond donors (Lipinski definition) is 1. The van der Waals surface area contributed by atoms with E-state index in [0.29, 0.717) is 11.6 Å². The van der Waals surface area contributed by atoms with E-state index in [2.05, 4.69) is 4.90 Å². The zero-order valence-corrected chi connectivity index (χ0v) is 11.5. The molecule has 0 amide bonds. The van der Waals surface area contributed by atoms with Crippen molar-refractivity contribution in [2.24, 2.45) is 5.41 Å². The second-order valence-corrected chi connectivity index (χ2v) is 5.76. The maximum atomic E-state index is 11.4. The van der Waals surface area contributed by atoms with Gasteiger partial charge in [0, 0.05) is 23.8 Å². The third-order valence-corrected chi connectivity index (χ3v) is 3.96. The van der Waals surface area contributed by atoms with Crippen molar-refractivity contribution in [3.63, 3.8) is 0 Å². The molecule has 18 heavy (non-hydrogen) atoms. The van der Waals surface area contributed by atoms with Gasteiger partial charge in [-0.2, -0.15) is 0 Å². The number of halogens is 1. The minimum Gasteiger partial charge on any atom is -0.481 e. The van der Waals surface area contributed by atoms with Crippen LogP contribution in [0.5, 0.6) is 0 Å². The lowest BCUT2D eigenvalue weighted by Gasteiger charge is -2.39. The van der Waals surface area contributed by atoms with Crippen molar-refractivity contribution in [2.75, 3.05) is 18.0 Å². The van der Waals surface area contributed by atoms with Crippen LogP contribution < -0.4 is 4.90 Å². The number of nitrogens with zero attached hydrogens (tertiary/aromatic N) is 1. The van der Waals surface area contributed by atoms with Crippen molar-refractivity contribution in [1.82, 2.24) is 0 Å². The molecule has 98 valence electrons. The smallest absolute Gasteiger partial charge is 0.311 e. The van der Waals surface area contributed by atoms with Crippen molar-refractivity contribution in [1.29, 1.82) is 0 Å². The molecule has 4 heteroatoms. The van der Waals surface area contributed by atoms with Crippen molar-refractivity contribution in [3.05, 3.63) is 28.8 Å². The number of anilines is 1. The van der Waals surface area contributed by atoms with Gasteiger partial charge in [0.25, 0.3) is 0 Å². The molecule has 1 aliphatic rings. The number of aliphatic carboxylic acids is 1. The fourth-order valence-electron chi connectivity index (χ4n) is 2.54. The molecule has 0 radical (unpaired) electrons. The van der Waals surface area contributed by atoms with Crippen LogP contribution >= 0.6 is 11.6 Å². The van der Waals surface area contributed by atoms with E-state index in [1.807, 2.05) is 32.0 Å². The van der Waals surface area contributed by atoms with Crippen LogP contribution in [0.3, 0.4) is 0 Å². The van der Waals surface area contributed by atoms with Crippen molar-refractivity contribution < 1.29 is 9.90 Å². The van der Waals surface area contributed by atoms with Gasteiger partial charge in [0.05, 0.1) is 5.41 Å². The van der Waals surface area contributed by atoms with Gasteiger partial charge in [0.15, 0.2) is 0 Å². The SMILES string of the molecule is Cc1ccc(Cl)cc1N1CCCC(C)(C(=O)O)C1. The van der Waals surface area contributed by atoms with Crippen molar-refractivity contribution in [2.45, 2.75) is 26.7 Å². The van der Waals surface area contributed by atoms with Gasteiger partial charge in [-0.05, 0) is 44.4 Å². The van der Waals surface area contributed by atoms with E-state index in [-0.39, 0.29) is 0 Å². The molecule has 1 unspecified atom stereocenters. The van der Waals surface area contributed by atoms with Crippen LogP contribution in [0, 0.1) is 12.3 Å². The quantitative estimate of drug-likeness (QED) is 0.893. The summed E-state index contributed by atoms with van der Waals surface area (Å²) in [4.78, 5) is 13.5. The van der Waals surface area contributed by atoms with Gasteiger partial charge in [-0.3, -0.25) is 4.79 Å². The first-order chi connectivity index (χ1) is 8.42. The standard InChI is InChI=1S/C14H18ClNO2/c1-10-4-5-11(15)8-12(10)16-7-3-6-14(2,9-16)13(17)18/h4-5,8H,3,6-7,9H2,1-2H3,(H,17,18).